The van der Waals surface area contributed by atoms with Crippen LogP contribution in [-0.4, -0.2) is 64.1 Å². The van der Waals surface area contributed by atoms with Crippen molar-refractivity contribution >= 4 is 0 Å². The van der Waals surface area contributed by atoms with Gasteiger partial charge in [0, 0.05) is 0 Å². The third-order valence-corrected chi connectivity index (χ3v) is 3.22. The molecule has 5 nitrogen and oxygen atoms in total. The molecule has 3 saturated heterocycles. The highest BCUT2D eigenvalue weighted by atomic mass is 16.6. The van der Waals surface area contributed by atoms with Gasteiger partial charge >= 0.3 is 0 Å². The zero-order chi connectivity index (χ0) is 11.5. The Morgan fingerprint density at radius 2 is 1.12 bits per heavy atom. The molecule has 0 saturated carbocycles. The number of rotatable bonds is 8. The second-order valence-corrected chi connectivity index (χ2v) is 4.94. The van der Waals surface area contributed by atoms with Crippen LogP contribution in [0.3, 0.4) is 0 Å². The summed E-state index contributed by atoms with van der Waals surface area (Å²) in [5.41, 5.74) is 0. The lowest BCUT2D eigenvalue weighted by molar-refractivity contribution is -0.0481. The first-order valence-corrected chi connectivity index (χ1v) is 6.44. The maximum atomic E-state index is 5.83. The van der Waals surface area contributed by atoms with Gasteiger partial charge in [-0.1, -0.05) is 0 Å². The van der Waals surface area contributed by atoms with Crippen molar-refractivity contribution in [1.29, 1.82) is 0 Å². The highest BCUT2D eigenvalue weighted by molar-refractivity contribution is 4.75. The van der Waals surface area contributed by atoms with Crippen molar-refractivity contribution in [3.05, 3.63) is 0 Å². The second-order valence-electron chi connectivity index (χ2n) is 4.94. The topological polar surface area (TPSA) is 52.8 Å². The summed E-state index contributed by atoms with van der Waals surface area (Å²) >= 11 is 0. The van der Waals surface area contributed by atoms with Crippen molar-refractivity contribution < 1.29 is 23.7 Å². The van der Waals surface area contributed by atoms with Crippen LogP contribution < -0.4 is 0 Å². The SMILES string of the molecule is C(OCC1CCC(COC[C@H]2CO2)O1)C1CO1. The number of hydrogen-bond acceptors (Lipinski definition) is 5. The molecule has 5 heteroatoms. The first-order valence-electron chi connectivity index (χ1n) is 6.44. The quantitative estimate of drug-likeness (QED) is 0.577. The lowest BCUT2D eigenvalue weighted by atomic mass is 10.2. The van der Waals surface area contributed by atoms with Crippen molar-refractivity contribution in [3.8, 4) is 0 Å². The summed E-state index contributed by atoms with van der Waals surface area (Å²) in [5, 5.41) is 0. The van der Waals surface area contributed by atoms with E-state index in [9.17, 15) is 0 Å². The fraction of sp³-hybridized carbons (Fsp3) is 1.00. The van der Waals surface area contributed by atoms with Crippen LogP contribution in [0, 0.1) is 0 Å². The molecule has 4 atom stereocenters. The van der Waals surface area contributed by atoms with E-state index < -0.39 is 0 Å². The van der Waals surface area contributed by atoms with Crippen LogP contribution in [0.1, 0.15) is 12.8 Å². The summed E-state index contributed by atoms with van der Waals surface area (Å²) < 4.78 is 27.1. The molecule has 3 fully saturated rings. The third kappa shape index (κ3) is 4.19. The third-order valence-electron chi connectivity index (χ3n) is 3.22. The van der Waals surface area contributed by atoms with Crippen molar-refractivity contribution in [2.24, 2.45) is 0 Å². The van der Waals surface area contributed by atoms with E-state index in [0.717, 1.165) is 26.1 Å². The van der Waals surface area contributed by atoms with Crippen LogP contribution in [0.4, 0.5) is 0 Å². The zero-order valence-electron chi connectivity index (χ0n) is 10.0. The molecule has 0 aromatic rings. The molecule has 0 aromatic heterocycles. The van der Waals surface area contributed by atoms with Crippen molar-refractivity contribution in [3.63, 3.8) is 0 Å². The fourth-order valence-corrected chi connectivity index (χ4v) is 2.02. The maximum absolute atomic E-state index is 5.83. The molecule has 98 valence electrons. The van der Waals surface area contributed by atoms with Crippen LogP contribution in [0.5, 0.6) is 0 Å². The number of ether oxygens (including phenoxy) is 5. The molecule has 0 amide bonds. The molecular weight excluding hydrogens is 224 g/mol. The Morgan fingerprint density at radius 1 is 0.706 bits per heavy atom. The second kappa shape index (κ2) is 5.63. The summed E-state index contributed by atoms with van der Waals surface area (Å²) in [6, 6.07) is 0. The Morgan fingerprint density at radius 3 is 1.53 bits per heavy atom. The molecule has 3 heterocycles. The van der Waals surface area contributed by atoms with Gasteiger partial charge < -0.3 is 23.7 Å². The van der Waals surface area contributed by atoms with E-state index in [2.05, 4.69) is 0 Å². The lowest BCUT2D eigenvalue weighted by Gasteiger charge is -2.13. The van der Waals surface area contributed by atoms with Gasteiger partial charge in [-0.15, -0.1) is 0 Å². The van der Waals surface area contributed by atoms with Crippen molar-refractivity contribution in [1.82, 2.24) is 0 Å². The molecule has 0 aliphatic carbocycles. The molecule has 3 unspecified atom stereocenters. The summed E-state index contributed by atoms with van der Waals surface area (Å²) in [6.07, 6.45) is 3.29. The van der Waals surface area contributed by atoms with Gasteiger partial charge in [0.05, 0.1) is 51.8 Å². The molecule has 3 rings (SSSR count). The molecule has 0 N–H and O–H groups in total. The summed E-state index contributed by atoms with van der Waals surface area (Å²) in [4.78, 5) is 0. The van der Waals surface area contributed by atoms with Crippen LogP contribution in [-0.2, 0) is 23.7 Å². The predicted octanol–water partition coefficient (Wildman–Crippen LogP) is 0.365. The minimum absolute atomic E-state index is 0.236. The smallest absolute Gasteiger partial charge is 0.104 e. The lowest BCUT2D eigenvalue weighted by Crippen LogP contribution is -2.21. The van der Waals surface area contributed by atoms with E-state index in [4.69, 9.17) is 23.7 Å². The highest BCUT2D eigenvalue weighted by Gasteiger charge is 2.28. The average molecular weight is 244 g/mol. The molecule has 0 radical (unpaired) electrons. The van der Waals surface area contributed by atoms with E-state index in [1.54, 1.807) is 0 Å². The standard InChI is InChI=1S/C12H20O5/c1-2-10(4-14-6-12-8-16-12)17-9(1)3-13-5-11-7-15-11/h9-12H,1-8H2/t9?,10?,11-,12?/m0/s1. The predicted molar refractivity (Wildman–Crippen MR) is 59.0 cm³/mol. The van der Waals surface area contributed by atoms with Gasteiger partial charge in [-0.3, -0.25) is 0 Å². The largest absolute Gasteiger partial charge is 0.376 e. The minimum Gasteiger partial charge on any atom is -0.376 e. The van der Waals surface area contributed by atoms with E-state index >= 15 is 0 Å². The van der Waals surface area contributed by atoms with E-state index in [1.807, 2.05) is 0 Å². The molecule has 3 aliphatic rings. The van der Waals surface area contributed by atoms with Gasteiger partial charge in [-0.2, -0.15) is 0 Å². The Bertz CT molecular complexity index is 215. The van der Waals surface area contributed by atoms with E-state index in [1.165, 1.54) is 0 Å². The summed E-state index contributed by atoms with van der Waals surface area (Å²) in [5.74, 6) is 0. The highest BCUT2D eigenvalue weighted by Crippen LogP contribution is 2.21. The molecule has 17 heavy (non-hydrogen) atoms. The molecular formula is C12H20O5. The summed E-state index contributed by atoms with van der Waals surface area (Å²) in [7, 11) is 0. The molecule has 0 spiro atoms. The number of epoxide rings is 2. The van der Waals surface area contributed by atoms with Gasteiger partial charge in [0.15, 0.2) is 0 Å². The Labute approximate surface area is 101 Å². The Balaban J connectivity index is 1.22. The van der Waals surface area contributed by atoms with Crippen molar-refractivity contribution in [2.45, 2.75) is 37.3 Å². The summed E-state index contributed by atoms with van der Waals surface area (Å²) in [6.45, 7) is 4.49. The van der Waals surface area contributed by atoms with E-state index in [-0.39, 0.29) is 12.2 Å². The first-order chi connectivity index (χ1) is 8.40. The van der Waals surface area contributed by atoms with Gasteiger partial charge in [-0.25, -0.2) is 0 Å². The molecule has 0 aromatic carbocycles. The van der Waals surface area contributed by atoms with Crippen molar-refractivity contribution in [2.75, 3.05) is 39.6 Å². The number of hydrogen-bond donors (Lipinski definition) is 0. The fourth-order valence-electron chi connectivity index (χ4n) is 2.02. The van der Waals surface area contributed by atoms with Gasteiger partial charge in [0.2, 0.25) is 0 Å². The maximum Gasteiger partial charge on any atom is 0.104 e. The van der Waals surface area contributed by atoms with Gasteiger partial charge in [0.25, 0.3) is 0 Å². The minimum atomic E-state index is 0.236. The van der Waals surface area contributed by atoms with E-state index in [0.29, 0.717) is 38.6 Å². The van der Waals surface area contributed by atoms with Gasteiger partial charge in [0.1, 0.15) is 12.2 Å². The Hall–Kier alpha value is -0.200. The average Bonchev–Trinajstić information content (AvgIpc) is 3.22. The zero-order valence-corrected chi connectivity index (χ0v) is 10.0. The van der Waals surface area contributed by atoms with Crippen LogP contribution in [0.15, 0.2) is 0 Å². The normalized spacial score (nSPS) is 39.5. The van der Waals surface area contributed by atoms with Gasteiger partial charge in [-0.05, 0) is 12.8 Å². The molecule has 0 bridgehead atoms. The molecule has 3 aliphatic heterocycles. The van der Waals surface area contributed by atoms with Crippen LogP contribution in [0.25, 0.3) is 0 Å². The Kier molecular flexibility index (Phi) is 3.93. The van der Waals surface area contributed by atoms with Crippen LogP contribution in [0.2, 0.25) is 0 Å². The first kappa shape index (κ1) is 11.9. The van der Waals surface area contributed by atoms with Crippen LogP contribution >= 0.6 is 0 Å². The monoisotopic (exact) mass is 244 g/mol.